The molecule has 0 bridgehead atoms. The lowest BCUT2D eigenvalue weighted by Crippen LogP contribution is -2.40. The van der Waals surface area contributed by atoms with Crippen LogP contribution in [0.4, 0.5) is 0 Å². The van der Waals surface area contributed by atoms with Crippen molar-refractivity contribution in [1.29, 1.82) is 0 Å². The Morgan fingerprint density at radius 1 is 1.47 bits per heavy atom. The van der Waals surface area contributed by atoms with Crippen LogP contribution >= 0.6 is 7.14 Å². The minimum atomic E-state index is -2.35. The lowest BCUT2D eigenvalue weighted by atomic mass is 10.3. The molecular weight excluding hydrogens is 213 g/mol. The second kappa shape index (κ2) is 4.79. The molecule has 0 spiro atoms. The van der Waals surface area contributed by atoms with Crippen LogP contribution in [0, 0.1) is 0 Å². The van der Waals surface area contributed by atoms with E-state index < -0.39 is 19.6 Å². The predicted octanol–water partition coefficient (Wildman–Crippen LogP) is 1.59. The highest BCUT2D eigenvalue weighted by molar-refractivity contribution is 7.67. The van der Waals surface area contributed by atoms with Crippen LogP contribution in [0.1, 0.15) is 27.2 Å². The summed E-state index contributed by atoms with van der Waals surface area (Å²) in [6.07, 6.45) is 0.245. The first kappa shape index (κ1) is 12.9. The molecule has 0 aromatic carbocycles. The van der Waals surface area contributed by atoms with Gasteiger partial charge in [-0.2, -0.15) is 0 Å². The first-order chi connectivity index (χ1) is 6.84. The molecule has 1 aliphatic rings. The van der Waals surface area contributed by atoms with Gasteiger partial charge in [0, 0.05) is 6.16 Å². The summed E-state index contributed by atoms with van der Waals surface area (Å²) >= 11 is 0. The largest absolute Gasteiger partial charge is 0.379 e. The maximum atomic E-state index is 12.3. The molecule has 2 N–H and O–H groups in total. The third kappa shape index (κ3) is 3.42. The van der Waals surface area contributed by atoms with E-state index in [9.17, 15) is 14.8 Å². The van der Waals surface area contributed by atoms with E-state index in [1.807, 2.05) is 12.7 Å². The first-order valence-corrected chi connectivity index (χ1v) is 7.37. The van der Waals surface area contributed by atoms with Gasteiger partial charge in [-0.05, 0) is 33.0 Å². The number of aliphatic hydroxyl groups is 2. The van der Waals surface area contributed by atoms with Crippen molar-refractivity contribution in [1.82, 2.24) is 4.90 Å². The SMILES string of the molecule is CC1=CP(=O)(CN(C(C)O)C(C)O)CC1. The van der Waals surface area contributed by atoms with Gasteiger partial charge in [-0.15, -0.1) is 0 Å². The molecule has 5 heteroatoms. The molecule has 88 valence electrons. The summed E-state index contributed by atoms with van der Waals surface area (Å²) in [5, 5.41) is 18.9. The molecule has 0 aromatic heterocycles. The summed E-state index contributed by atoms with van der Waals surface area (Å²) in [6.45, 7) is 5.12. The normalized spacial score (nSPS) is 30.4. The molecule has 0 aromatic rings. The van der Waals surface area contributed by atoms with Gasteiger partial charge in [0.05, 0.1) is 6.29 Å². The lowest BCUT2D eigenvalue weighted by molar-refractivity contribution is -0.0724. The molecule has 0 amide bonds. The zero-order valence-corrected chi connectivity index (χ0v) is 10.4. The third-order valence-corrected chi connectivity index (χ3v) is 5.40. The summed E-state index contributed by atoms with van der Waals surface area (Å²) < 4.78 is 12.3. The third-order valence-electron chi connectivity index (χ3n) is 2.70. The zero-order chi connectivity index (χ0) is 11.6. The summed E-state index contributed by atoms with van der Waals surface area (Å²) in [6, 6.07) is 0. The number of rotatable bonds is 4. The average molecular weight is 233 g/mol. The fourth-order valence-electron chi connectivity index (χ4n) is 1.83. The van der Waals surface area contributed by atoms with Crippen molar-refractivity contribution in [2.24, 2.45) is 0 Å². The second-order valence-corrected chi connectivity index (χ2v) is 7.21. The van der Waals surface area contributed by atoms with Crippen LogP contribution in [-0.4, -0.2) is 40.0 Å². The Balaban J connectivity index is 2.71. The number of aliphatic hydroxyl groups excluding tert-OH is 2. The molecule has 0 saturated heterocycles. The first-order valence-electron chi connectivity index (χ1n) is 5.22. The topological polar surface area (TPSA) is 60.8 Å². The van der Waals surface area contributed by atoms with Crippen molar-refractivity contribution >= 4 is 7.14 Å². The number of nitrogens with zero attached hydrogens (tertiary/aromatic N) is 1. The van der Waals surface area contributed by atoms with Crippen molar-refractivity contribution in [3.8, 4) is 0 Å². The van der Waals surface area contributed by atoms with E-state index in [1.165, 1.54) is 4.90 Å². The average Bonchev–Trinajstić information content (AvgIpc) is 2.42. The highest BCUT2D eigenvalue weighted by Crippen LogP contribution is 2.54. The van der Waals surface area contributed by atoms with Gasteiger partial charge >= 0.3 is 0 Å². The van der Waals surface area contributed by atoms with E-state index in [0.29, 0.717) is 6.16 Å². The molecule has 3 atom stereocenters. The molecule has 1 heterocycles. The molecule has 3 unspecified atom stereocenters. The number of hydrogen-bond acceptors (Lipinski definition) is 4. The second-order valence-electron chi connectivity index (χ2n) is 4.32. The number of allylic oxidation sites excluding steroid dienone is 1. The molecule has 0 fully saturated rings. The van der Waals surface area contributed by atoms with Crippen LogP contribution in [0.5, 0.6) is 0 Å². The molecule has 1 rings (SSSR count). The Hall–Kier alpha value is -0.150. The van der Waals surface area contributed by atoms with E-state index in [0.717, 1.165) is 12.0 Å². The summed E-state index contributed by atoms with van der Waals surface area (Å²) in [4.78, 5) is 1.45. The van der Waals surface area contributed by atoms with Gasteiger partial charge in [0.1, 0.15) is 19.6 Å². The van der Waals surface area contributed by atoms with Gasteiger partial charge in [-0.1, -0.05) is 5.57 Å². The van der Waals surface area contributed by atoms with E-state index in [4.69, 9.17) is 0 Å². The molecule has 15 heavy (non-hydrogen) atoms. The molecule has 0 saturated carbocycles. The van der Waals surface area contributed by atoms with Crippen LogP contribution < -0.4 is 0 Å². The van der Waals surface area contributed by atoms with Gasteiger partial charge < -0.3 is 14.8 Å². The van der Waals surface area contributed by atoms with Gasteiger partial charge in [-0.3, -0.25) is 0 Å². The predicted molar refractivity (Wildman–Crippen MR) is 60.9 cm³/mol. The van der Waals surface area contributed by atoms with Crippen LogP contribution in [0.15, 0.2) is 11.4 Å². The van der Waals surface area contributed by atoms with Crippen molar-refractivity contribution in [2.75, 3.05) is 12.4 Å². The lowest BCUT2D eigenvalue weighted by Gasteiger charge is -2.29. The fraction of sp³-hybridized carbons (Fsp3) is 0.800. The smallest absolute Gasteiger partial charge is 0.122 e. The van der Waals surface area contributed by atoms with Crippen LogP contribution in [-0.2, 0) is 4.57 Å². The Bertz CT molecular complexity index is 291. The Morgan fingerprint density at radius 3 is 2.33 bits per heavy atom. The van der Waals surface area contributed by atoms with Gasteiger partial charge in [-0.25, -0.2) is 4.90 Å². The van der Waals surface area contributed by atoms with E-state index in [2.05, 4.69) is 0 Å². The van der Waals surface area contributed by atoms with Crippen molar-refractivity contribution in [2.45, 2.75) is 39.6 Å². The fourth-order valence-corrected chi connectivity index (χ4v) is 4.87. The van der Waals surface area contributed by atoms with Gasteiger partial charge in [0.15, 0.2) is 0 Å². The molecular formula is C10H20NO3P. The zero-order valence-electron chi connectivity index (χ0n) is 9.55. The van der Waals surface area contributed by atoms with Crippen molar-refractivity contribution in [3.63, 3.8) is 0 Å². The summed E-state index contributed by atoms with van der Waals surface area (Å²) in [5.41, 5.74) is 1.15. The van der Waals surface area contributed by atoms with E-state index in [-0.39, 0.29) is 6.29 Å². The number of hydrogen-bond donors (Lipinski definition) is 2. The molecule has 0 radical (unpaired) electrons. The molecule has 1 aliphatic heterocycles. The van der Waals surface area contributed by atoms with Crippen LogP contribution in [0.3, 0.4) is 0 Å². The van der Waals surface area contributed by atoms with Crippen LogP contribution in [0.2, 0.25) is 0 Å². The van der Waals surface area contributed by atoms with Gasteiger partial charge in [0.25, 0.3) is 0 Å². The highest BCUT2D eigenvalue weighted by atomic mass is 31.2. The van der Waals surface area contributed by atoms with Crippen molar-refractivity contribution < 1.29 is 14.8 Å². The Morgan fingerprint density at radius 2 is 2.00 bits per heavy atom. The quantitative estimate of drug-likeness (QED) is 0.572. The molecule has 4 nitrogen and oxygen atoms in total. The van der Waals surface area contributed by atoms with Crippen molar-refractivity contribution in [3.05, 3.63) is 11.4 Å². The monoisotopic (exact) mass is 233 g/mol. The summed E-state index contributed by atoms with van der Waals surface area (Å²) in [5.74, 6) is 1.82. The van der Waals surface area contributed by atoms with E-state index >= 15 is 0 Å². The minimum absolute atomic E-state index is 0.264. The standard InChI is InChI=1S/C10H20NO3P/c1-8-4-5-15(14,6-8)7-11(9(2)12)10(3)13/h6,9-10,12-13H,4-5,7H2,1-3H3. The Kier molecular flexibility index (Phi) is 4.13. The molecule has 0 aliphatic carbocycles. The highest BCUT2D eigenvalue weighted by Gasteiger charge is 2.30. The van der Waals surface area contributed by atoms with E-state index in [1.54, 1.807) is 13.8 Å². The summed E-state index contributed by atoms with van der Waals surface area (Å²) in [7, 11) is -2.35. The minimum Gasteiger partial charge on any atom is -0.379 e. The van der Waals surface area contributed by atoms with Gasteiger partial charge in [0.2, 0.25) is 0 Å². The maximum absolute atomic E-state index is 12.3. The Labute approximate surface area is 91.0 Å². The van der Waals surface area contributed by atoms with Crippen LogP contribution in [0.25, 0.3) is 0 Å². The maximum Gasteiger partial charge on any atom is 0.122 e.